The van der Waals surface area contributed by atoms with Gasteiger partial charge in [0.15, 0.2) is 0 Å². The lowest BCUT2D eigenvalue weighted by molar-refractivity contribution is -0.114. The molecule has 0 spiro atoms. The minimum absolute atomic E-state index is 0.172. The summed E-state index contributed by atoms with van der Waals surface area (Å²) in [5.74, 6) is -0.209. The van der Waals surface area contributed by atoms with Gasteiger partial charge in [-0.25, -0.2) is 8.42 Å². The number of anilines is 1. The Morgan fingerprint density at radius 3 is 2.13 bits per heavy atom. The molecule has 2 aromatic carbocycles. The van der Waals surface area contributed by atoms with Crippen LogP contribution >= 0.6 is 0 Å². The Labute approximate surface area is 177 Å². The Balaban J connectivity index is 1.91. The van der Waals surface area contributed by atoms with Crippen molar-refractivity contribution in [3.05, 3.63) is 89.7 Å². The van der Waals surface area contributed by atoms with Crippen molar-refractivity contribution in [3.63, 3.8) is 0 Å². The summed E-state index contributed by atoms with van der Waals surface area (Å²) >= 11 is 0. The third-order valence-electron chi connectivity index (χ3n) is 4.68. The molecule has 30 heavy (non-hydrogen) atoms. The molecule has 0 aliphatic rings. The van der Waals surface area contributed by atoms with E-state index in [0.29, 0.717) is 5.69 Å². The van der Waals surface area contributed by atoms with Crippen LogP contribution in [0.3, 0.4) is 0 Å². The highest BCUT2D eigenvalue weighted by Gasteiger charge is 2.25. The molecule has 1 amide bonds. The van der Waals surface area contributed by atoms with Gasteiger partial charge in [-0.3, -0.25) is 9.78 Å². The number of hydrogen-bond acceptors (Lipinski definition) is 4. The average Bonchev–Trinajstić information content (AvgIpc) is 2.74. The summed E-state index contributed by atoms with van der Waals surface area (Å²) in [6.07, 6.45) is 4.26. The third-order valence-corrected chi connectivity index (χ3v) is 6.49. The molecule has 1 aromatic heterocycles. The molecule has 0 unspecified atom stereocenters. The number of aryl methyl sites for hydroxylation is 1. The molecule has 0 atom stereocenters. The average molecular weight is 424 g/mol. The summed E-state index contributed by atoms with van der Waals surface area (Å²) < 4.78 is 28.3. The zero-order valence-corrected chi connectivity index (χ0v) is 17.9. The Bertz CT molecular complexity index is 1080. The lowest BCUT2D eigenvalue weighted by atomic mass is 10.1. The third kappa shape index (κ3) is 5.52. The fraction of sp³-hybridized carbons (Fsp3) is 0.217. The van der Waals surface area contributed by atoms with Gasteiger partial charge in [0.2, 0.25) is 15.9 Å². The van der Waals surface area contributed by atoms with Crippen molar-refractivity contribution in [3.8, 4) is 0 Å². The largest absolute Gasteiger partial charge is 0.326 e. The maximum Gasteiger partial charge on any atom is 0.243 e. The van der Waals surface area contributed by atoms with Crippen LogP contribution in [-0.2, 0) is 34.3 Å². The fourth-order valence-corrected chi connectivity index (χ4v) is 4.48. The van der Waals surface area contributed by atoms with Crippen LogP contribution in [0.4, 0.5) is 5.69 Å². The highest BCUT2D eigenvalue weighted by Crippen LogP contribution is 2.23. The standard InChI is InChI=1S/C23H25N3O3S/c1-3-19-6-8-20(9-7-19)16-26(17-21-5-4-14-24-15-21)30(28,29)23-12-10-22(11-13-23)25-18(2)27/h4-15H,3,16-17H2,1-2H3,(H,25,27). The summed E-state index contributed by atoms with van der Waals surface area (Å²) in [5, 5.41) is 2.65. The molecule has 0 bridgehead atoms. The molecular weight excluding hydrogens is 398 g/mol. The maximum absolute atomic E-state index is 13.4. The van der Waals surface area contributed by atoms with Gasteiger partial charge in [-0.15, -0.1) is 0 Å². The molecule has 0 fully saturated rings. The first-order chi connectivity index (χ1) is 14.4. The summed E-state index contributed by atoms with van der Waals surface area (Å²) in [5.41, 5.74) is 3.47. The van der Waals surface area contributed by atoms with Gasteiger partial charge in [-0.05, 0) is 53.4 Å². The van der Waals surface area contributed by atoms with E-state index in [9.17, 15) is 13.2 Å². The fourth-order valence-electron chi connectivity index (χ4n) is 3.07. The van der Waals surface area contributed by atoms with Crippen molar-refractivity contribution in [2.45, 2.75) is 38.3 Å². The van der Waals surface area contributed by atoms with Gasteiger partial charge in [0.25, 0.3) is 0 Å². The molecule has 3 aromatic rings. The molecule has 0 saturated carbocycles. The number of hydrogen-bond donors (Lipinski definition) is 1. The highest BCUT2D eigenvalue weighted by atomic mass is 32.2. The van der Waals surface area contributed by atoms with Crippen LogP contribution in [-0.4, -0.2) is 23.6 Å². The van der Waals surface area contributed by atoms with Crippen molar-refractivity contribution < 1.29 is 13.2 Å². The number of rotatable bonds is 8. The van der Waals surface area contributed by atoms with E-state index in [1.807, 2.05) is 30.3 Å². The predicted molar refractivity (Wildman–Crippen MR) is 117 cm³/mol. The van der Waals surface area contributed by atoms with Gasteiger partial charge in [0, 0.05) is 38.1 Å². The number of nitrogens with zero attached hydrogens (tertiary/aromatic N) is 2. The summed E-state index contributed by atoms with van der Waals surface area (Å²) in [4.78, 5) is 15.5. The molecular formula is C23H25N3O3S. The number of benzene rings is 2. The second kappa shape index (κ2) is 9.65. The summed E-state index contributed by atoms with van der Waals surface area (Å²) in [7, 11) is -3.77. The van der Waals surface area contributed by atoms with Crippen LogP contribution in [0.2, 0.25) is 0 Å². The van der Waals surface area contributed by atoms with E-state index >= 15 is 0 Å². The molecule has 156 valence electrons. The Kier molecular flexibility index (Phi) is 6.97. The van der Waals surface area contributed by atoms with E-state index in [1.54, 1.807) is 30.6 Å². The van der Waals surface area contributed by atoms with Crippen LogP contribution in [0.25, 0.3) is 0 Å². The first-order valence-corrected chi connectivity index (χ1v) is 11.2. The van der Waals surface area contributed by atoms with Crippen molar-refractivity contribution in [2.24, 2.45) is 0 Å². The first kappa shape index (κ1) is 21.7. The number of carbonyl (C=O) groups is 1. The second-order valence-electron chi connectivity index (χ2n) is 7.01. The van der Waals surface area contributed by atoms with Gasteiger partial charge in [0.05, 0.1) is 4.90 Å². The Hall–Kier alpha value is -3.03. The number of sulfonamides is 1. The van der Waals surface area contributed by atoms with E-state index in [4.69, 9.17) is 0 Å². The van der Waals surface area contributed by atoms with E-state index in [0.717, 1.165) is 17.5 Å². The maximum atomic E-state index is 13.4. The number of carbonyl (C=O) groups excluding carboxylic acids is 1. The monoisotopic (exact) mass is 423 g/mol. The minimum atomic E-state index is -3.77. The van der Waals surface area contributed by atoms with E-state index < -0.39 is 10.0 Å². The smallest absolute Gasteiger partial charge is 0.243 e. The zero-order valence-electron chi connectivity index (χ0n) is 17.1. The number of amides is 1. The van der Waals surface area contributed by atoms with Gasteiger partial charge < -0.3 is 5.32 Å². The van der Waals surface area contributed by atoms with E-state index in [-0.39, 0.29) is 23.9 Å². The summed E-state index contributed by atoms with van der Waals surface area (Å²) in [6.45, 7) is 3.94. The second-order valence-corrected chi connectivity index (χ2v) is 8.95. The predicted octanol–water partition coefficient (Wildman–Crippen LogP) is 3.99. The minimum Gasteiger partial charge on any atom is -0.326 e. The van der Waals surface area contributed by atoms with Crippen LogP contribution in [0.15, 0.2) is 78.0 Å². The molecule has 0 aliphatic heterocycles. The van der Waals surface area contributed by atoms with Crippen molar-refractivity contribution in [2.75, 3.05) is 5.32 Å². The van der Waals surface area contributed by atoms with Crippen LogP contribution in [0, 0.1) is 0 Å². The highest BCUT2D eigenvalue weighted by molar-refractivity contribution is 7.89. The molecule has 6 nitrogen and oxygen atoms in total. The van der Waals surface area contributed by atoms with E-state index in [2.05, 4.69) is 17.2 Å². The Morgan fingerprint density at radius 1 is 0.933 bits per heavy atom. The molecule has 0 saturated heterocycles. The lowest BCUT2D eigenvalue weighted by Crippen LogP contribution is -2.30. The van der Waals surface area contributed by atoms with E-state index in [1.165, 1.54) is 28.9 Å². The molecule has 1 N–H and O–H groups in total. The first-order valence-electron chi connectivity index (χ1n) is 9.73. The quantitative estimate of drug-likeness (QED) is 0.594. The van der Waals surface area contributed by atoms with Crippen molar-refractivity contribution >= 4 is 21.6 Å². The summed E-state index contributed by atoms with van der Waals surface area (Å²) in [6, 6.07) is 17.8. The number of nitrogens with one attached hydrogen (secondary N) is 1. The van der Waals surface area contributed by atoms with Gasteiger partial charge in [-0.1, -0.05) is 37.3 Å². The molecule has 0 aliphatic carbocycles. The van der Waals surface area contributed by atoms with Gasteiger partial charge in [-0.2, -0.15) is 4.31 Å². The lowest BCUT2D eigenvalue weighted by Gasteiger charge is -2.23. The van der Waals surface area contributed by atoms with Gasteiger partial charge in [0.1, 0.15) is 0 Å². The zero-order chi connectivity index (χ0) is 21.6. The van der Waals surface area contributed by atoms with Crippen LogP contribution in [0.5, 0.6) is 0 Å². The van der Waals surface area contributed by atoms with Crippen molar-refractivity contribution in [1.82, 2.24) is 9.29 Å². The number of pyridine rings is 1. The van der Waals surface area contributed by atoms with Crippen LogP contribution in [0.1, 0.15) is 30.5 Å². The molecule has 0 radical (unpaired) electrons. The number of aromatic nitrogens is 1. The van der Waals surface area contributed by atoms with Crippen LogP contribution < -0.4 is 5.32 Å². The SMILES string of the molecule is CCc1ccc(CN(Cc2cccnc2)S(=O)(=O)c2ccc(NC(C)=O)cc2)cc1. The normalized spacial score (nSPS) is 11.4. The molecule has 1 heterocycles. The molecule has 7 heteroatoms. The Morgan fingerprint density at radius 2 is 1.57 bits per heavy atom. The topological polar surface area (TPSA) is 79.4 Å². The van der Waals surface area contributed by atoms with Gasteiger partial charge >= 0.3 is 0 Å². The van der Waals surface area contributed by atoms with Crippen molar-refractivity contribution in [1.29, 1.82) is 0 Å². The molecule has 3 rings (SSSR count).